The van der Waals surface area contributed by atoms with Crippen molar-refractivity contribution in [2.24, 2.45) is 0 Å². The Labute approximate surface area is 499 Å². The molecule has 0 spiro atoms. The number of hydrogen-bond acceptors (Lipinski definition) is 18. The SMILES string of the molecule is CCCCCCCCCCC/C=C/C(O)C(COC1OC(CO)C(OC2OC(CO)C(OC3OC(CO)C(O)C(O)C3O)C(O)C2O)C(O)C1O)NC(=O)CCCCCCCCCCCCCCCCCCCCCCCCCCCCC. The summed E-state index contributed by atoms with van der Waals surface area (Å²) < 4.78 is 34.3. The van der Waals surface area contributed by atoms with Gasteiger partial charge in [-0.3, -0.25) is 4.79 Å². The molecule has 0 aromatic carbocycles. The molecule has 1 amide bonds. The van der Waals surface area contributed by atoms with Crippen molar-refractivity contribution in [3.05, 3.63) is 12.2 Å². The molecular weight excluding hydrogens is 1070 g/mol. The van der Waals surface area contributed by atoms with Gasteiger partial charge in [-0.05, 0) is 19.3 Å². The van der Waals surface area contributed by atoms with Crippen LogP contribution in [0.4, 0.5) is 0 Å². The zero-order valence-corrected chi connectivity index (χ0v) is 51.4. The zero-order valence-electron chi connectivity index (χ0n) is 51.4. The highest BCUT2D eigenvalue weighted by molar-refractivity contribution is 5.76. The fourth-order valence-corrected chi connectivity index (χ4v) is 11.6. The number of aliphatic hydroxyl groups is 11. The minimum atomic E-state index is -1.97. The van der Waals surface area contributed by atoms with Crippen molar-refractivity contribution >= 4 is 5.91 Å². The highest BCUT2D eigenvalue weighted by atomic mass is 16.8. The first-order valence-corrected chi connectivity index (χ1v) is 33.4. The quantitative estimate of drug-likeness (QED) is 0.0205. The van der Waals surface area contributed by atoms with Crippen LogP contribution < -0.4 is 5.32 Å². The van der Waals surface area contributed by atoms with Gasteiger partial charge in [-0.15, -0.1) is 0 Å². The maximum atomic E-state index is 13.3. The van der Waals surface area contributed by atoms with Crippen molar-refractivity contribution in [3.63, 3.8) is 0 Å². The van der Waals surface area contributed by atoms with Crippen LogP contribution in [0, 0.1) is 0 Å². The third kappa shape index (κ3) is 30.5. The van der Waals surface area contributed by atoms with Crippen molar-refractivity contribution in [3.8, 4) is 0 Å². The number of carbonyl (C=O) groups is 1. The van der Waals surface area contributed by atoms with E-state index in [-0.39, 0.29) is 18.9 Å². The number of ether oxygens (including phenoxy) is 6. The number of aliphatic hydroxyl groups excluding tert-OH is 11. The molecule has 0 radical (unpaired) electrons. The van der Waals surface area contributed by atoms with Crippen LogP contribution in [-0.2, 0) is 33.2 Å². The van der Waals surface area contributed by atoms with Crippen LogP contribution in [0.3, 0.4) is 0 Å². The van der Waals surface area contributed by atoms with Crippen LogP contribution in [-0.4, -0.2) is 193 Å². The molecule has 3 heterocycles. The summed E-state index contributed by atoms with van der Waals surface area (Å²) in [5.74, 6) is -0.272. The van der Waals surface area contributed by atoms with E-state index in [4.69, 9.17) is 28.4 Å². The molecule has 3 saturated heterocycles. The van der Waals surface area contributed by atoms with E-state index >= 15 is 0 Å². The van der Waals surface area contributed by atoms with Crippen molar-refractivity contribution < 1.29 is 89.4 Å². The minimum absolute atomic E-state index is 0.249. The zero-order chi connectivity index (χ0) is 60.5. The van der Waals surface area contributed by atoms with Crippen molar-refractivity contribution in [1.29, 1.82) is 0 Å². The van der Waals surface area contributed by atoms with Gasteiger partial charge in [0, 0.05) is 6.42 Å². The van der Waals surface area contributed by atoms with E-state index in [1.54, 1.807) is 6.08 Å². The lowest BCUT2D eigenvalue weighted by Crippen LogP contribution is -2.66. The number of hydrogen-bond donors (Lipinski definition) is 12. The smallest absolute Gasteiger partial charge is 0.220 e. The second-order valence-corrected chi connectivity index (χ2v) is 24.3. The number of amides is 1. The average molecular weight is 1190 g/mol. The van der Waals surface area contributed by atoms with E-state index in [0.717, 1.165) is 44.9 Å². The molecule has 3 fully saturated rings. The van der Waals surface area contributed by atoms with Gasteiger partial charge in [0.25, 0.3) is 0 Å². The molecule has 3 aliphatic heterocycles. The Balaban J connectivity index is 1.39. The first-order valence-electron chi connectivity index (χ1n) is 33.4. The lowest BCUT2D eigenvalue weighted by Gasteiger charge is -2.48. The lowest BCUT2D eigenvalue weighted by molar-refractivity contribution is -0.379. The molecule has 0 aromatic rings. The summed E-state index contributed by atoms with van der Waals surface area (Å²) in [5, 5.41) is 120. The Morgan fingerprint density at radius 3 is 1.13 bits per heavy atom. The van der Waals surface area contributed by atoms with Crippen molar-refractivity contribution in [2.45, 2.75) is 362 Å². The molecule has 0 aliphatic carbocycles. The van der Waals surface area contributed by atoms with Gasteiger partial charge in [-0.25, -0.2) is 0 Å². The number of allylic oxidation sites excluding steroid dienone is 1. The van der Waals surface area contributed by atoms with E-state index in [2.05, 4.69) is 19.2 Å². The third-order valence-corrected chi connectivity index (χ3v) is 17.1. The van der Waals surface area contributed by atoms with E-state index in [9.17, 15) is 61.0 Å². The molecular formula is C64H121NO18. The third-order valence-electron chi connectivity index (χ3n) is 17.1. The maximum Gasteiger partial charge on any atom is 0.220 e. The molecule has 3 aliphatic rings. The number of carbonyl (C=O) groups excluding carboxylic acids is 1. The van der Waals surface area contributed by atoms with Gasteiger partial charge in [0.2, 0.25) is 5.91 Å². The normalized spacial score (nSPS) is 29.4. The predicted molar refractivity (Wildman–Crippen MR) is 319 cm³/mol. The van der Waals surface area contributed by atoms with Crippen LogP contribution in [0.2, 0.25) is 0 Å². The summed E-state index contributed by atoms with van der Waals surface area (Å²) in [7, 11) is 0. The molecule has 0 aromatic heterocycles. The minimum Gasteiger partial charge on any atom is -0.394 e. The molecule has 17 atom stereocenters. The highest BCUT2D eigenvalue weighted by Crippen LogP contribution is 2.33. The Bertz CT molecular complexity index is 1560. The first kappa shape index (κ1) is 75.8. The summed E-state index contributed by atoms with van der Waals surface area (Å²) in [5.41, 5.74) is 0. The molecule has 3 rings (SSSR count). The van der Waals surface area contributed by atoms with Crippen molar-refractivity contribution in [1.82, 2.24) is 5.32 Å². The molecule has 0 saturated carbocycles. The molecule has 83 heavy (non-hydrogen) atoms. The number of rotatable bonds is 51. The van der Waals surface area contributed by atoms with Crippen molar-refractivity contribution in [2.75, 3.05) is 26.4 Å². The maximum absolute atomic E-state index is 13.3. The van der Waals surface area contributed by atoms with Gasteiger partial charge >= 0.3 is 0 Å². The topological polar surface area (TPSA) is 307 Å². The van der Waals surface area contributed by atoms with E-state index < -0.39 is 124 Å². The monoisotopic (exact) mass is 1190 g/mol. The van der Waals surface area contributed by atoms with Gasteiger partial charge in [0.1, 0.15) is 73.2 Å². The van der Waals surface area contributed by atoms with Gasteiger partial charge in [0.05, 0.1) is 38.6 Å². The molecule has 17 unspecified atom stereocenters. The van der Waals surface area contributed by atoms with Gasteiger partial charge in [0.15, 0.2) is 18.9 Å². The molecule has 0 bridgehead atoms. The summed E-state index contributed by atoms with van der Waals surface area (Å²) in [6.07, 6.45) is 23.6. The average Bonchev–Trinajstić information content (AvgIpc) is 3.64. The molecule has 12 N–H and O–H groups in total. The summed E-state index contributed by atoms with van der Waals surface area (Å²) in [4.78, 5) is 13.3. The lowest BCUT2D eigenvalue weighted by atomic mass is 9.96. The van der Waals surface area contributed by atoms with E-state index in [1.165, 1.54) is 186 Å². The standard InChI is InChI=1S/C64H121NO18/c1-3-5-7-9-11-13-15-16-17-18-19-20-21-22-23-24-25-26-27-28-29-30-32-34-36-38-40-42-52(70)65-47(48(69)41-39-37-35-33-31-14-12-10-8-6-4-2)46-78-62-58(76)55(73)60(50(44-67)80-62)83-64-59(77)56(74)61(51(45-68)81-64)82-63-57(75)54(72)53(71)49(43-66)79-63/h39,41,47-51,53-64,66-69,71-77H,3-38,40,42-46H2,1-2H3,(H,65,70)/b41-39+. The number of nitrogens with one attached hydrogen (secondary N) is 1. The Morgan fingerprint density at radius 2 is 0.747 bits per heavy atom. The van der Waals surface area contributed by atoms with Crippen LogP contribution in [0.1, 0.15) is 258 Å². The van der Waals surface area contributed by atoms with Gasteiger partial charge < -0.3 is 89.9 Å². The van der Waals surface area contributed by atoms with Gasteiger partial charge in [-0.2, -0.15) is 0 Å². The summed E-state index contributed by atoms with van der Waals surface area (Å²) >= 11 is 0. The Hall–Kier alpha value is -1.47. The predicted octanol–water partition coefficient (Wildman–Crippen LogP) is 7.72. The van der Waals surface area contributed by atoms with E-state index in [1.807, 2.05) is 6.08 Å². The van der Waals surface area contributed by atoms with Crippen LogP contribution in [0.25, 0.3) is 0 Å². The second kappa shape index (κ2) is 47.5. The van der Waals surface area contributed by atoms with Crippen LogP contribution in [0.5, 0.6) is 0 Å². The summed E-state index contributed by atoms with van der Waals surface area (Å²) in [6, 6.07) is -0.967. The van der Waals surface area contributed by atoms with Gasteiger partial charge in [-0.1, -0.05) is 244 Å². The molecule has 490 valence electrons. The fourth-order valence-electron chi connectivity index (χ4n) is 11.6. The molecule has 19 heteroatoms. The second-order valence-electron chi connectivity index (χ2n) is 24.3. The number of unbranched alkanes of at least 4 members (excludes halogenated alkanes) is 35. The fraction of sp³-hybridized carbons (Fsp3) is 0.953. The largest absolute Gasteiger partial charge is 0.394 e. The first-order chi connectivity index (χ1) is 40.3. The summed E-state index contributed by atoms with van der Waals surface area (Å²) in [6.45, 7) is 1.73. The molecule has 19 nitrogen and oxygen atoms in total. The van der Waals surface area contributed by atoms with E-state index in [0.29, 0.717) is 6.42 Å². The van der Waals surface area contributed by atoms with Crippen LogP contribution in [0.15, 0.2) is 12.2 Å². The highest BCUT2D eigenvalue weighted by Gasteiger charge is 2.53. The Morgan fingerprint density at radius 1 is 0.422 bits per heavy atom. The van der Waals surface area contributed by atoms with Crippen LogP contribution >= 0.6 is 0 Å². The Kier molecular flexibility index (Phi) is 43.4.